The molecule has 0 aromatic heterocycles. The van der Waals surface area contributed by atoms with Gasteiger partial charge in [-0.3, -0.25) is 9.52 Å². The van der Waals surface area contributed by atoms with Crippen LogP contribution < -0.4 is 14.8 Å². The first-order valence-corrected chi connectivity index (χ1v) is 8.21. The van der Waals surface area contributed by atoms with Crippen LogP contribution in [0.5, 0.6) is 5.75 Å². The lowest BCUT2D eigenvalue weighted by Gasteiger charge is -2.19. The fourth-order valence-corrected chi connectivity index (χ4v) is 3.46. The van der Waals surface area contributed by atoms with Crippen molar-refractivity contribution in [2.24, 2.45) is 5.92 Å². The van der Waals surface area contributed by atoms with Crippen LogP contribution in [-0.2, 0) is 14.8 Å². The van der Waals surface area contributed by atoms with Crippen molar-refractivity contribution < 1.29 is 17.9 Å². The molecule has 0 saturated heterocycles. The minimum absolute atomic E-state index is 0.0364. The van der Waals surface area contributed by atoms with Gasteiger partial charge in [-0.2, -0.15) is 0 Å². The van der Waals surface area contributed by atoms with Gasteiger partial charge in [0.15, 0.2) is 6.61 Å². The summed E-state index contributed by atoms with van der Waals surface area (Å²) in [5.74, 6) is 0.315. The molecule has 0 saturated carbocycles. The summed E-state index contributed by atoms with van der Waals surface area (Å²) in [6.45, 7) is 1.72. The molecule has 1 aliphatic rings. The standard InChI is InChI=1S/C12H15ClN2O4S/c1-8(5-13)7-20(17,18)15-9-2-3-11-10(4-9)14-12(16)6-19-11/h2-4,8,15H,5-7H2,1H3,(H,14,16). The van der Waals surface area contributed by atoms with Crippen LogP contribution in [0.4, 0.5) is 11.4 Å². The van der Waals surface area contributed by atoms with Crippen LogP contribution in [0.2, 0.25) is 0 Å². The normalized spacial score (nSPS) is 15.8. The van der Waals surface area contributed by atoms with Gasteiger partial charge in [0.25, 0.3) is 5.91 Å². The Kier molecular flexibility index (Phi) is 4.39. The molecule has 0 aliphatic carbocycles. The number of benzene rings is 1. The predicted octanol–water partition coefficient (Wildman–Crippen LogP) is 1.63. The van der Waals surface area contributed by atoms with Gasteiger partial charge in [0.05, 0.1) is 17.1 Å². The number of hydrogen-bond acceptors (Lipinski definition) is 4. The topological polar surface area (TPSA) is 84.5 Å². The smallest absolute Gasteiger partial charge is 0.262 e. The highest BCUT2D eigenvalue weighted by Gasteiger charge is 2.19. The van der Waals surface area contributed by atoms with Crippen molar-refractivity contribution >= 4 is 38.9 Å². The number of ether oxygens (including phenoxy) is 1. The molecule has 0 bridgehead atoms. The second-order valence-corrected chi connectivity index (χ2v) is 6.77. The van der Waals surface area contributed by atoms with E-state index in [2.05, 4.69) is 10.0 Å². The molecular formula is C12H15ClN2O4S. The van der Waals surface area contributed by atoms with E-state index in [1.54, 1.807) is 19.1 Å². The molecule has 8 heteroatoms. The Morgan fingerprint density at radius 3 is 2.95 bits per heavy atom. The number of hydrogen-bond donors (Lipinski definition) is 2. The summed E-state index contributed by atoms with van der Waals surface area (Å²) < 4.78 is 31.5. The minimum Gasteiger partial charge on any atom is -0.482 e. The molecule has 110 valence electrons. The number of anilines is 2. The highest BCUT2D eigenvalue weighted by molar-refractivity contribution is 7.92. The number of sulfonamides is 1. The molecule has 1 aromatic rings. The highest BCUT2D eigenvalue weighted by atomic mass is 35.5. The SMILES string of the molecule is CC(CCl)CS(=O)(=O)Nc1ccc2c(c1)NC(=O)CO2. The van der Waals surface area contributed by atoms with Crippen LogP contribution in [-0.4, -0.2) is 32.6 Å². The summed E-state index contributed by atoms with van der Waals surface area (Å²) >= 11 is 5.62. The summed E-state index contributed by atoms with van der Waals surface area (Å²) in [6, 6.07) is 4.71. The first-order valence-electron chi connectivity index (χ1n) is 6.03. The van der Waals surface area contributed by atoms with Gasteiger partial charge >= 0.3 is 0 Å². The number of amides is 1. The third-order valence-corrected chi connectivity index (χ3v) is 4.73. The van der Waals surface area contributed by atoms with Crippen molar-refractivity contribution in [3.05, 3.63) is 18.2 Å². The van der Waals surface area contributed by atoms with Crippen LogP contribution >= 0.6 is 11.6 Å². The molecule has 1 heterocycles. The number of nitrogens with one attached hydrogen (secondary N) is 2. The lowest BCUT2D eigenvalue weighted by molar-refractivity contribution is -0.118. The van der Waals surface area contributed by atoms with E-state index in [-0.39, 0.29) is 30.1 Å². The van der Waals surface area contributed by atoms with Crippen molar-refractivity contribution in [2.75, 3.05) is 28.3 Å². The van der Waals surface area contributed by atoms with Crippen LogP contribution in [0.1, 0.15) is 6.92 Å². The van der Waals surface area contributed by atoms with Gasteiger partial charge in [0.1, 0.15) is 5.75 Å². The summed E-state index contributed by atoms with van der Waals surface area (Å²) in [7, 11) is -3.47. The summed E-state index contributed by atoms with van der Waals surface area (Å²) in [4.78, 5) is 11.2. The van der Waals surface area contributed by atoms with E-state index in [9.17, 15) is 13.2 Å². The molecule has 1 amide bonds. The van der Waals surface area contributed by atoms with E-state index < -0.39 is 10.0 Å². The molecule has 0 radical (unpaired) electrons. The zero-order valence-electron chi connectivity index (χ0n) is 10.8. The van der Waals surface area contributed by atoms with Crippen molar-refractivity contribution in [3.63, 3.8) is 0 Å². The van der Waals surface area contributed by atoms with Crippen LogP contribution in [0.25, 0.3) is 0 Å². The second-order valence-electron chi connectivity index (χ2n) is 4.69. The van der Waals surface area contributed by atoms with E-state index in [1.807, 2.05) is 0 Å². The van der Waals surface area contributed by atoms with Crippen molar-refractivity contribution in [3.8, 4) is 5.75 Å². The van der Waals surface area contributed by atoms with Gasteiger partial charge in [-0.1, -0.05) is 6.92 Å². The molecule has 0 spiro atoms. The number of fused-ring (bicyclic) bond motifs is 1. The molecule has 20 heavy (non-hydrogen) atoms. The van der Waals surface area contributed by atoms with Gasteiger partial charge < -0.3 is 10.1 Å². The monoisotopic (exact) mass is 318 g/mol. The molecule has 1 unspecified atom stereocenters. The summed E-state index contributed by atoms with van der Waals surface area (Å²) in [5, 5.41) is 2.62. The van der Waals surface area contributed by atoms with Crippen molar-refractivity contribution in [1.29, 1.82) is 0 Å². The maximum atomic E-state index is 11.9. The van der Waals surface area contributed by atoms with E-state index in [4.69, 9.17) is 16.3 Å². The number of rotatable bonds is 5. The fourth-order valence-electron chi connectivity index (χ4n) is 1.79. The lowest BCUT2D eigenvalue weighted by atomic mass is 10.2. The molecule has 2 N–H and O–H groups in total. The van der Waals surface area contributed by atoms with Gasteiger partial charge in [-0.05, 0) is 24.1 Å². The third kappa shape index (κ3) is 3.77. The van der Waals surface area contributed by atoms with Crippen LogP contribution in [0.3, 0.4) is 0 Å². The summed E-state index contributed by atoms with van der Waals surface area (Å²) in [6.07, 6.45) is 0. The largest absolute Gasteiger partial charge is 0.482 e. The Balaban J connectivity index is 2.14. The molecule has 2 rings (SSSR count). The van der Waals surface area contributed by atoms with E-state index in [0.717, 1.165) is 0 Å². The molecule has 0 fully saturated rings. The van der Waals surface area contributed by atoms with Gasteiger partial charge in [0, 0.05) is 5.88 Å². The Bertz CT molecular complexity index is 618. The van der Waals surface area contributed by atoms with E-state index in [0.29, 0.717) is 17.1 Å². The summed E-state index contributed by atoms with van der Waals surface area (Å²) in [5.41, 5.74) is 0.822. The Morgan fingerprint density at radius 2 is 2.25 bits per heavy atom. The Morgan fingerprint density at radius 1 is 1.50 bits per heavy atom. The highest BCUT2D eigenvalue weighted by Crippen LogP contribution is 2.30. The van der Waals surface area contributed by atoms with Crippen molar-refractivity contribution in [2.45, 2.75) is 6.92 Å². The fraction of sp³-hybridized carbons (Fsp3) is 0.417. The average Bonchev–Trinajstić information content (AvgIpc) is 2.37. The van der Waals surface area contributed by atoms with E-state index in [1.165, 1.54) is 6.07 Å². The second kappa shape index (κ2) is 5.88. The van der Waals surface area contributed by atoms with Crippen molar-refractivity contribution in [1.82, 2.24) is 0 Å². The number of alkyl halides is 1. The van der Waals surface area contributed by atoms with Gasteiger partial charge in [-0.15, -0.1) is 11.6 Å². The first-order chi connectivity index (χ1) is 9.39. The molecular weight excluding hydrogens is 304 g/mol. The average molecular weight is 319 g/mol. The van der Waals surface area contributed by atoms with Gasteiger partial charge in [-0.25, -0.2) is 8.42 Å². The molecule has 1 aliphatic heterocycles. The zero-order chi connectivity index (χ0) is 14.8. The number of carbonyl (C=O) groups is 1. The number of carbonyl (C=O) groups excluding carboxylic acids is 1. The van der Waals surface area contributed by atoms with Gasteiger partial charge in [0.2, 0.25) is 10.0 Å². The molecule has 1 atom stereocenters. The predicted molar refractivity (Wildman–Crippen MR) is 77.9 cm³/mol. The first kappa shape index (κ1) is 14.9. The van der Waals surface area contributed by atoms with Crippen LogP contribution in [0.15, 0.2) is 18.2 Å². The molecule has 1 aromatic carbocycles. The minimum atomic E-state index is -3.47. The Hall–Kier alpha value is -1.47. The zero-order valence-corrected chi connectivity index (χ0v) is 12.4. The quantitative estimate of drug-likeness (QED) is 0.808. The molecule has 6 nitrogen and oxygen atoms in total. The number of halogens is 1. The van der Waals surface area contributed by atoms with Crippen LogP contribution in [0, 0.1) is 5.92 Å². The van der Waals surface area contributed by atoms with E-state index >= 15 is 0 Å². The third-order valence-electron chi connectivity index (χ3n) is 2.65. The maximum Gasteiger partial charge on any atom is 0.262 e. The maximum absolute atomic E-state index is 11.9. The lowest BCUT2D eigenvalue weighted by Crippen LogP contribution is -2.26. The Labute approximate surface area is 122 Å².